The molecule has 3 aromatic heterocycles. The molecule has 0 saturated heterocycles. The largest absolute Gasteiger partial charge is 0.489 e. The second-order valence-electron chi connectivity index (χ2n) is 5.99. The Labute approximate surface area is 155 Å². The van der Waals surface area contributed by atoms with E-state index in [4.69, 9.17) is 32.4 Å². The lowest BCUT2D eigenvalue weighted by Gasteiger charge is -2.16. The van der Waals surface area contributed by atoms with Crippen molar-refractivity contribution in [3.8, 4) is 17.3 Å². The molecular formula is C16H22ClN7O2. The average Bonchev–Trinajstić information content (AvgIpc) is 3.23. The summed E-state index contributed by atoms with van der Waals surface area (Å²) in [7, 11) is 0. The predicted molar refractivity (Wildman–Crippen MR) is 98.9 cm³/mol. The molecule has 140 valence electrons. The van der Waals surface area contributed by atoms with Crippen LogP contribution in [0, 0.1) is 5.92 Å². The Morgan fingerprint density at radius 1 is 1.35 bits per heavy atom. The van der Waals surface area contributed by atoms with Crippen LogP contribution in [0.15, 0.2) is 10.8 Å². The first-order chi connectivity index (χ1) is 12.6. The highest BCUT2D eigenvalue weighted by molar-refractivity contribution is 6.34. The molecule has 4 N–H and O–H groups in total. The van der Waals surface area contributed by atoms with Gasteiger partial charge in [-0.15, -0.1) is 0 Å². The van der Waals surface area contributed by atoms with Gasteiger partial charge in [-0.2, -0.15) is 0 Å². The lowest BCUT2D eigenvalue weighted by molar-refractivity contribution is 0.244. The van der Waals surface area contributed by atoms with Crippen molar-refractivity contribution in [1.82, 2.24) is 24.8 Å². The minimum atomic E-state index is 0.160. The Hall–Kier alpha value is -2.39. The molecule has 0 aliphatic rings. The molecule has 0 amide bonds. The quantitative estimate of drug-likeness (QED) is 0.570. The summed E-state index contributed by atoms with van der Waals surface area (Å²) in [6.45, 7) is 5.77. The Morgan fingerprint density at radius 3 is 2.77 bits per heavy atom. The minimum Gasteiger partial charge on any atom is -0.489 e. The number of nitrogen functional groups attached to an aromatic ring is 1. The summed E-state index contributed by atoms with van der Waals surface area (Å²) in [6.07, 6.45) is 3.65. The van der Waals surface area contributed by atoms with Crippen LogP contribution in [-0.4, -0.2) is 38.0 Å². The van der Waals surface area contributed by atoms with E-state index in [1.165, 1.54) is 0 Å². The first-order valence-corrected chi connectivity index (χ1v) is 8.94. The third kappa shape index (κ3) is 3.32. The van der Waals surface area contributed by atoms with Gasteiger partial charge in [0.1, 0.15) is 11.0 Å². The summed E-state index contributed by atoms with van der Waals surface area (Å²) in [5, 5.41) is 7.74. The summed E-state index contributed by atoms with van der Waals surface area (Å²) < 4.78 is 12.6. The number of halogens is 1. The highest BCUT2D eigenvalue weighted by Crippen LogP contribution is 2.34. The van der Waals surface area contributed by atoms with E-state index in [0.29, 0.717) is 42.5 Å². The van der Waals surface area contributed by atoms with E-state index >= 15 is 0 Å². The van der Waals surface area contributed by atoms with Crippen molar-refractivity contribution in [3.63, 3.8) is 0 Å². The number of ether oxygens (including phenoxy) is 1. The lowest BCUT2D eigenvalue weighted by Crippen LogP contribution is -2.21. The van der Waals surface area contributed by atoms with Crippen LogP contribution in [-0.2, 0) is 6.54 Å². The maximum atomic E-state index is 6.26. The fourth-order valence-corrected chi connectivity index (χ4v) is 3.09. The first-order valence-electron chi connectivity index (χ1n) is 8.56. The summed E-state index contributed by atoms with van der Waals surface area (Å²) >= 11 is 6.26. The fraction of sp³-hybridized carbons (Fsp3) is 0.500. The van der Waals surface area contributed by atoms with Crippen molar-refractivity contribution in [3.05, 3.63) is 11.3 Å². The van der Waals surface area contributed by atoms with Crippen LogP contribution >= 0.6 is 11.6 Å². The molecule has 1 atom stereocenters. The molecule has 0 aliphatic heterocycles. The smallest absolute Gasteiger partial charge is 0.199 e. The average molecular weight is 380 g/mol. The number of hydrogen-bond donors (Lipinski definition) is 2. The van der Waals surface area contributed by atoms with Crippen molar-refractivity contribution in [2.24, 2.45) is 11.7 Å². The topological polar surface area (TPSA) is 131 Å². The molecule has 0 saturated carbocycles. The van der Waals surface area contributed by atoms with Gasteiger partial charge in [-0.1, -0.05) is 24.9 Å². The number of anilines is 1. The Bertz CT molecular complexity index is 892. The lowest BCUT2D eigenvalue weighted by atomic mass is 10.1. The van der Waals surface area contributed by atoms with Gasteiger partial charge in [-0.25, -0.2) is 14.6 Å². The van der Waals surface area contributed by atoms with Gasteiger partial charge >= 0.3 is 0 Å². The molecule has 0 fully saturated rings. The summed E-state index contributed by atoms with van der Waals surface area (Å²) in [5.74, 6) is 1.53. The monoisotopic (exact) mass is 379 g/mol. The zero-order valence-corrected chi connectivity index (χ0v) is 15.5. The van der Waals surface area contributed by atoms with Gasteiger partial charge in [-0.05, 0) is 30.2 Å². The first kappa shape index (κ1) is 18.4. The second kappa shape index (κ2) is 7.88. The summed E-state index contributed by atoms with van der Waals surface area (Å²) in [4.78, 5) is 8.74. The number of imidazole rings is 1. The SMILES string of the molecule is CCCC(CN)COc1cnc(Cl)c2nc(-c3nonc3N)n(CC)c12. The van der Waals surface area contributed by atoms with E-state index in [0.717, 1.165) is 18.4 Å². The van der Waals surface area contributed by atoms with Gasteiger partial charge in [0.05, 0.1) is 12.8 Å². The Morgan fingerprint density at radius 2 is 2.15 bits per heavy atom. The van der Waals surface area contributed by atoms with E-state index in [-0.39, 0.29) is 16.9 Å². The van der Waals surface area contributed by atoms with Crippen LogP contribution in [0.4, 0.5) is 5.82 Å². The van der Waals surface area contributed by atoms with Gasteiger partial charge in [0.15, 0.2) is 28.2 Å². The van der Waals surface area contributed by atoms with Crippen LogP contribution < -0.4 is 16.2 Å². The molecule has 0 aromatic carbocycles. The number of pyridine rings is 1. The molecule has 3 heterocycles. The molecule has 0 bridgehead atoms. The maximum absolute atomic E-state index is 6.26. The number of hydrogen-bond acceptors (Lipinski definition) is 8. The third-order valence-electron chi connectivity index (χ3n) is 4.24. The molecule has 0 radical (unpaired) electrons. The number of nitrogens with two attached hydrogens (primary N) is 2. The van der Waals surface area contributed by atoms with Crippen molar-refractivity contribution < 1.29 is 9.37 Å². The van der Waals surface area contributed by atoms with Crippen LogP contribution in [0.2, 0.25) is 5.15 Å². The molecule has 0 spiro atoms. The van der Waals surface area contributed by atoms with E-state index in [9.17, 15) is 0 Å². The number of nitrogens with zero attached hydrogens (tertiary/aromatic N) is 5. The zero-order valence-electron chi connectivity index (χ0n) is 14.8. The van der Waals surface area contributed by atoms with Crippen LogP contribution in [0.25, 0.3) is 22.6 Å². The summed E-state index contributed by atoms with van der Waals surface area (Å²) in [6, 6.07) is 0. The normalized spacial score (nSPS) is 12.6. The highest BCUT2D eigenvalue weighted by Gasteiger charge is 2.23. The van der Waals surface area contributed by atoms with E-state index in [2.05, 4.69) is 27.2 Å². The number of aryl methyl sites for hydroxylation is 1. The Balaban J connectivity index is 2.06. The predicted octanol–water partition coefficient (Wildman–Crippen LogP) is 2.49. The molecule has 9 nitrogen and oxygen atoms in total. The maximum Gasteiger partial charge on any atom is 0.199 e. The standard InChI is InChI=1S/C16H22ClN7O2/c1-3-5-9(6-18)8-25-10-7-20-14(17)11-13(10)24(4-2)16(21-11)12-15(19)23-26-22-12/h7,9H,3-6,8,18H2,1-2H3,(H2,19,23). The molecule has 3 aromatic rings. The van der Waals surface area contributed by atoms with Crippen LogP contribution in [0.1, 0.15) is 26.7 Å². The van der Waals surface area contributed by atoms with Gasteiger partial charge < -0.3 is 20.8 Å². The van der Waals surface area contributed by atoms with Gasteiger partial charge in [0, 0.05) is 12.5 Å². The van der Waals surface area contributed by atoms with Crippen molar-refractivity contribution in [2.75, 3.05) is 18.9 Å². The van der Waals surface area contributed by atoms with Crippen molar-refractivity contribution in [1.29, 1.82) is 0 Å². The fourth-order valence-electron chi connectivity index (χ4n) is 2.91. The molecular weight excluding hydrogens is 358 g/mol. The second-order valence-corrected chi connectivity index (χ2v) is 6.35. The van der Waals surface area contributed by atoms with Gasteiger partial charge in [0.25, 0.3) is 0 Å². The van der Waals surface area contributed by atoms with E-state index in [1.54, 1.807) is 6.20 Å². The number of rotatable bonds is 8. The van der Waals surface area contributed by atoms with E-state index < -0.39 is 0 Å². The number of aromatic nitrogens is 5. The van der Waals surface area contributed by atoms with E-state index in [1.807, 2.05) is 11.5 Å². The minimum absolute atomic E-state index is 0.160. The molecule has 26 heavy (non-hydrogen) atoms. The van der Waals surface area contributed by atoms with Gasteiger partial charge in [-0.3, -0.25) is 0 Å². The van der Waals surface area contributed by atoms with Gasteiger partial charge in [0.2, 0.25) is 0 Å². The number of fused-ring (bicyclic) bond motifs is 1. The highest BCUT2D eigenvalue weighted by atomic mass is 35.5. The van der Waals surface area contributed by atoms with Crippen LogP contribution in [0.3, 0.4) is 0 Å². The van der Waals surface area contributed by atoms with Crippen LogP contribution in [0.5, 0.6) is 5.75 Å². The zero-order chi connectivity index (χ0) is 18.7. The van der Waals surface area contributed by atoms with Crippen molar-refractivity contribution in [2.45, 2.75) is 33.2 Å². The Kier molecular flexibility index (Phi) is 5.58. The molecule has 1 unspecified atom stereocenters. The van der Waals surface area contributed by atoms with Crippen molar-refractivity contribution >= 4 is 28.5 Å². The molecule has 3 rings (SSSR count). The molecule has 10 heteroatoms. The molecule has 0 aliphatic carbocycles. The third-order valence-corrected chi connectivity index (χ3v) is 4.51. The summed E-state index contributed by atoms with van der Waals surface area (Å²) in [5.41, 5.74) is 13.3.